The SMILES string of the molecule is CN(C)CCN(CC(=O)O)c1ccc(S(N)(=O)=O)cc1F. The Kier molecular flexibility index (Phi) is 5.64. The van der Waals surface area contributed by atoms with Gasteiger partial charge in [0.15, 0.2) is 0 Å². The molecule has 1 rings (SSSR count). The molecule has 0 saturated carbocycles. The highest BCUT2D eigenvalue weighted by molar-refractivity contribution is 7.89. The average Bonchev–Trinajstić information content (AvgIpc) is 2.32. The Hall–Kier alpha value is -1.71. The second-order valence-corrected chi connectivity index (χ2v) is 6.34. The molecule has 0 saturated heterocycles. The fourth-order valence-electron chi connectivity index (χ4n) is 1.69. The summed E-state index contributed by atoms with van der Waals surface area (Å²) in [5.41, 5.74) is 0.0200. The summed E-state index contributed by atoms with van der Waals surface area (Å²) in [6, 6.07) is 3.15. The summed E-state index contributed by atoms with van der Waals surface area (Å²) >= 11 is 0. The van der Waals surface area contributed by atoms with Gasteiger partial charge in [0, 0.05) is 13.1 Å². The van der Waals surface area contributed by atoms with Gasteiger partial charge in [-0.1, -0.05) is 0 Å². The second kappa shape index (κ2) is 6.83. The van der Waals surface area contributed by atoms with Crippen LogP contribution in [0, 0.1) is 5.82 Å². The quantitative estimate of drug-likeness (QED) is 0.729. The van der Waals surface area contributed by atoms with Gasteiger partial charge in [-0.15, -0.1) is 0 Å². The number of carbonyl (C=O) groups is 1. The molecule has 0 heterocycles. The highest BCUT2D eigenvalue weighted by Crippen LogP contribution is 2.22. The number of benzene rings is 1. The van der Waals surface area contributed by atoms with Crippen molar-refractivity contribution in [1.29, 1.82) is 0 Å². The minimum absolute atomic E-state index is 0.0200. The van der Waals surface area contributed by atoms with Crippen LogP contribution in [0.15, 0.2) is 23.1 Å². The maximum absolute atomic E-state index is 14.0. The van der Waals surface area contributed by atoms with E-state index in [0.717, 1.165) is 12.1 Å². The van der Waals surface area contributed by atoms with E-state index in [-0.39, 0.29) is 23.7 Å². The van der Waals surface area contributed by atoms with Crippen molar-refractivity contribution in [3.63, 3.8) is 0 Å². The largest absolute Gasteiger partial charge is 0.480 e. The van der Waals surface area contributed by atoms with Crippen molar-refractivity contribution < 1.29 is 22.7 Å². The number of nitrogens with two attached hydrogens (primary N) is 1. The van der Waals surface area contributed by atoms with Crippen LogP contribution in [0.2, 0.25) is 0 Å². The Balaban J connectivity index is 3.09. The molecule has 0 aliphatic heterocycles. The summed E-state index contributed by atoms with van der Waals surface area (Å²) in [6.07, 6.45) is 0. The summed E-state index contributed by atoms with van der Waals surface area (Å²) in [4.78, 5) is 13.7. The van der Waals surface area contributed by atoms with E-state index in [1.54, 1.807) is 14.1 Å². The summed E-state index contributed by atoms with van der Waals surface area (Å²) in [5, 5.41) is 13.8. The van der Waals surface area contributed by atoms with Crippen LogP contribution in [-0.4, -0.2) is 58.1 Å². The van der Waals surface area contributed by atoms with Gasteiger partial charge in [0.05, 0.1) is 10.6 Å². The zero-order valence-electron chi connectivity index (χ0n) is 11.8. The van der Waals surface area contributed by atoms with E-state index in [9.17, 15) is 17.6 Å². The van der Waals surface area contributed by atoms with E-state index >= 15 is 0 Å². The van der Waals surface area contributed by atoms with Crippen molar-refractivity contribution >= 4 is 21.7 Å². The Bertz CT molecular complexity index is 619. The standard InChI is InChI=1S/C12H18FN3O4S/c1-15(2)5-6-16(8-12(17)18)11-4-3-9(7-10(11)13)21(14,19)20/h3-4,7H,5-6,8H2,1-2H3,(H,17,18)(H2,14,19,20). The lowest BCUT2D eigenvalue weighted by molar-refractivity contribution is -0.135. The first kappa shape index (κ1) is 17.3. The van der Waals surface area contributed by atoms with Crippen LogP contribution in [-0.2, 0) is 14.8 Å². The van der Waals surface area contributed by atoms with Gasteiger partial charge in [0.2, 0.25) is 10.0 Å². The van der Waals surface area contributed by atoms with Crippen LogP contribution in [0.1, 0.15) is 0 Å². The molecule has 118 valence electrons. The van der Waals surface area contributed by atoms with Gasteiger partial charge in [0.1, 0.15) is 12.4 Å². The molecule has 0 aliphatic carbocycles. The molecule has 1 aromatic carbocycles. The zero-order valence-corrected chi connectivity index (χ0v) is 12.6. The van der Waals surface area contributed by atoms with Crippen molar-refractivity contribution in [3.05, 3.63) is 24.0 Å². The lowest BCUT2D eigenvalue weighted by atomic mass is 10.2. The molecule has 21 heavy (non-hydrogen) atoms. The third kappa shape index (κ3) is 5.29. The molecule has 0 unspecified atom stereocenters. The number of sulfonamides is 1. The van der Waals surface area contributed by atoms with Gasteiger partial charge >= 0.3 is 5.97 Å². The van der Waals surface area contributed by atoms with Crippen LogP contribution >= 0.6 is 0 Å². The molecule has 0 amide bonds. The van der Waals surface area contributed by atoms with E-state index in [1.807, 2.05) is 4.90 Å². The number of nitrogens with zero attached hydrogens (tertiary/aromatic N) is 2. The first-order valence-corrected chi connectivity index (χ1v) is 7.59. The maximum Gasteiger partial charge on any atom is 0.323 e. The molecular formula is C12H18FN3O4S. The Labute approximate surface area is 122 Å². The third-order valence-corrected chi connectivity index (χ3v) is 3.64. The fourth-order valence-corrected chi connectivity index (χ4v) is 2.22. The van der Waals surface area contributed by atoms with Crippen LogP contribution in [0.3, 0.4) is 0 Å². The number of aliphatic carboxylic acids is 1. The van der Waals surface area contributed by atoms with Crippen molar-refractivity contribution in [3.8, 4) is 0 Å². The molecule has 0 aromatic heterocycles. The predicted octanol–water partition coefficient (Wildman–Crippen LogP) is -0.0743. The van der Waals surface area contributed by atoms with E-state index in [4.69, 9.17) is 10.2 Å². The van der Waals surface area contributed by atoms with E-state index in [0.29, 0.717) is 6.54 Å². The number of likely N-dealkylation sites (N-methyl/N-ethyl adjacent to an activating group) is 1. The lowest BCUT2D eigenvalue weighted by Crippen LogP contribution is -2.36. The third-order valence-electron chi connectivity index (χ3n) is 2.73. The molecule has 0 aliphatic rings. The predicted molar refractivity (Wildman–Crippen MR) is 76.2 cm³/mol. The highest BCUT2D eigenvalue weighted by Gasteiger charge is 2.18. The topological polar surface area (TPSA) is 104 Å². The summed E-state index contributed by atoms with van der Waals surface area (Å²) in [7, 11) is -0.390. The van der Waals surface area contributed by atoms with Crippen molar-refractivity contribution in [2.75, 3.05) is 38.6 Å². The van der Waals surface area contributed by atoms with E-state index in [2.05, 4.69) is 0 Å². The molecule has 0 atom stereocenters. The number of primary sulfonamides is 1. The number of halogens is 1. The van der Waals surface area contributed by atoms with E-state index < -0.39 is 21.8 Å². The number of anilines is 1. The summed E-state index contributed by atoms with van der Waals surface area (Å²) < 4.78 is 36.3. The zero-order chi connectivity index (χ0) is 16.2. The Morgan fingerprint density at radius 3 is 2.38 bits per heavy atom. The monoisotopic (exact) mass is 319 g/mol. The first-order valence-electron chi connectivity index (χ1n) is 6.05. The number of hydrogen-bond acceptors (Lipinski definition) is 5. The molecule has 0 bridgehead atoms. The molecule has 3 N–H and O–H groups in total. The Morgan fingerprint density at radius 2 is 1.95 bits per heavy atom. The lowest BCUT2D eigenvalue weighted by Gasteiger charge is -2.25. The minimum atomic E-state index is -4.00. The second-order valence-electron chi connectivity index (χ2n) is 4.78. The molecule has 1 aromatic rings. The molecule has 0 fully saturated rings. The van der Waals surface area contributed by atoms with Gasteiger partial charge in [0.25, 0.3) is 0 Å². The van der Waals surface area contributed by atoms with Gasteiger partial charge in [-0.2, -0.15) is 0 Å². The van der Waals surface area contributed by atoms with Gasteiger partial charge in [-0.3, -0.25) is 4.79 Å². The summed E-state index contributed by atoms with van der Waals surface area (Å²) in [5.74, 6) is -1.94. The Morgan fingerprint density at radius 1 is 1.33 bits per heavy atom. The minimum Gasteiger partial charge on any atom is -0.480 e. The van der Waals surface area contributed by atoms with Crippen LogP contribution in [0.25, 0.3) is 0 Å². The molecule has 0 radical (unpaired) electrons. The van der Waals surface area contributed by atoms with Crippen LogP contribution < -0.4 is 10.0 Å². The normalized spacial score (nSPS) is 11.7. The molecule has 7 nitrogen and oxygen atoms in total. The molecule has 0 spiro atoms. The average molecular weight is 319 g/mol. The number of carboxylic acid groups (broad SMARTS) is 1. The maximum atomic E-state index is 14.0. The van der Waals surface area contributed by atoms with Gasteiger partial charge in [-0.25, -0.2) is 17.9 Å². The van der Waals surface area contributed by atoms with Gasteiger partial charge < -0.3 is 14.9 Å². The number of hydrogen-bond donors (Lipinski definition) is 2. The number of rotatable bonds is 7. The highest BCUT2D eigenvalue weighted by atomic mass is 32.2. The molecular weight excluding hydrogens is 301 g/mol. The van der Waals surface area contributed by atoms with E-state index in [1.165, 1.54) is 11.0 Å². The smallest absolute Gasteiger partial charge is 0.323 e. The van der Waals surface area contributed by atoms with Crippen LogP contribution in [0.4, 0.5) is 10.1 Å². The van der Waals surface area contributed by atoms with Crippen molar-refractivity contribution in [2.24, 2.45) is 5.14 Å². The first-order chi connectivity index (χ1) is 9.61. The van der Waals surface area contributed by atoms with Gasteiger partial charge in [-0.05, 0) is 32.3 Å². The van der Waals surface area contributed by atoms with Crippen molar-refractivity contribution in [1.82, 2.24) is 4.90 Å². The fraction of sp³-hybridized carbons (Fsp3) is 0.417. The summed E-state index contributed by atoms with van der Waals surface area (Å²) in [6.45, 7) is 0.411. The van der Waals surface area contributed by atoms with Crippen molar-refractivity contribution in [2.45, 2.75) is 4.90 Å². The number of carboxylic acids is 1. The van der Waals surface area contributed by atoms with Crippen LogP contribution in [0.5, 0.6) is 0 Å². The molecule has 9 heteroatoms.